The zero-order valence-electron chi connectivity index (χ0n) is 10.8. The summed E-state index contributed by atoms with van der Waals surface area (Å²) in [5, 5.41) is 4.80. The van der Waals surface area contributed by atoms with Gasteiger partial charge in [0.15, 0.2) is 0 Å². The van der Waals surface area contributed by atoms with Crippen molar-refractivity contribution in [1.82, 2.24) is 4.90 Å². The Hall–Kier alpha value is -0.440. The second-order valence-corrected chi connectivity index (χ2v) is 5.92. The fraction of sp³-hybridized carbons (Fsp3) is 0.571. The van der Waals surface area contributed by atoms with Crippen molar-refractivity contribution >= 4 is 28.9 Å². The van der Waals surface area contributed by atoms with E-state index >= 15 is 0 Å². The van der Waals surface area contributed by atoms with Crippen molar-refractivity contribution in [2.75, 3.05) is 31.5 Å². The summed E-state index contributed by atoms with van der Waals surface area (Å²) in [7, 11) is 0. The van der Waals surface area contributed by atoms with Crippen LogP contribution in [-0.4, -0.2) is 31.1 Å². The third-order valence-corrected chi connectivity index (χ3v) is 4.11. The molecule has 4 heteroatoms. The Bertz CT molecular complexity index is 387. The van der Waals surface area contributed by atoms with Gasteiger partial charge in [-0.25, -0.2) is 0 Å². The van der Waals surface area contributed by atoms with Crippen molar-refractivity contribution in [3.8, 4) is 0 Å². The largest absolute Gasteiger partial charge is 0.383 e. The molecular formula is C14H20Cl2N2. The van der Waals surface area contributed by atoms with Gasteiger partial charge in [-0.05, 0) is 50.0 Å². The molecule has 0 atom stereocenters. The fourth-order valence-electron chi connectivity index (χ4n) is 2.27. The van der Waals surface area contributed by atoms with Crippen molar-refractivity contribution in [1.29, 1.82) is 0 Å². The lowest BCUT2D eigenvalue weighted by molar-refractivity contribution is 0.199. The molecule has 0 radical (unpaired) electrons. The van der Waals surface area contributed by atoms with Crippen LogP contribution in [0.4, 0.5) is 5.69 Å². The average molecular weight is 287 g/mol. The zero-order valence-corrected chi connectivity index (χ0v) is 12.3. The van der Waals surface area contributed by atoms with E-state index in [1.807, 2.05) is 12.1 Å². The van der Waals surface area contributed by atoms with Gasteiger partial charge in [0.2, 0.25) is 0 Å². The molecule has 0 saturated carbocycles. The van der Waals surface area contributed by atoms with E-state index in [-0.39, 0.29) is 0 Å². The summed E-state index contributed by atoms with van der Waals surface area (Å²) >= 11 is 12.1. The van der Waals surface area contributed by atoms with E-state index in [2.05, 4.69) is 17.1 Å². The highest BCUT2D eigenvalue weighted by Gasteiger charge is 2.14. The summed E-state index contributed by atoms with van der Waals surface area (Å²) in [5.41, 5.74) is 0.926. The van der Waals surface area contributed by atoms with E-state index in [0.717, 1.165) is 29.7 Å². The Morgan fingerprint density at radius 2 is 2.00 bits per heavy atom. The lowest BCUT2D eigenvalue weighted by Crippen LogP contribution is -2.36. The Morgan fingerprint density at radius 3 is 2.72 bits per heavy atom. The van der Waals surface area contributed by atoms with E-state index in [1.165, 1.54) is 25.9 Å². The lowest BCUT2D eigenvalue weighted by Gasteiger charge is -2.30. The molecule has 2 nitrogen and oxygen atoms in total. The molecule has 100 valence electrons. The molecule has 1 aliphatic rings. The molecule has 1 heterocycles. The predicted molar refractivity (Wildman–Crippen MR) is 79.8 cm³/mol. The monoisotopic (exact) mass is 286 g/mol. The zero-order chi connectivity index (χ0) is 13.0. The summed E-state index contributed by atoms with van der Waals surface area (Å²) in [4.78, 5) is 2.51. The van der Waals surface area contributed by atoms with E-state index < -0.39 is 0 Å². The lowest BCUT2D eigenvalue weighted by atomic mass is 9.99. The number of likely N-dealkylation sites (tertiary alicyclic amines) is 1. The molecule has 0 aliphatic carbocycles. The number of nitrogens with zero attached hydrogens (tertiary/aromatic N) is 1. The maximum atomic E-state index is 6.10. The van der Waals surface area contributed by atoms with Crippen molar-refractivity contribution in [2.24, 2.45) is 5.92 Å². The van der Waals surface area contributed by atoms with Gasteiger partial charge < -0.3 is 10.2 Å². The molecule has 0 bridgehead atoms. The third-order valence-electron chi connectivity index (χ3n) is 3.55. The Labute approximate surface area is 119 Å². The topological polar surface area (TPSA) is 15.3 Å². The van der Waals surface area contributed by atoms with Gasteiger partial charge in [-0.1, -0.05) is 30.1 Å². The number of benzene rings is 1. The maximum Gasteiger partial charge on any atom is 0.0638 e. The van der Waals surface area contributed by atoms with Crippen LogP contribution in [0.5, 0.6) is 0 Å². The van der Waals surface area contributed by atoms with Gasteiger partial charge in [0.05, 0.1) is 10.7 Å². The SMILES string of the molecule is CC1CCN(CCNc2cc(Cl)ccc2Cl)CC1. The third kappa shape index (κ3) is 4.04. The molecule has 0 amide bonds. The van der Waals surface area contributed by atoms with E-state index in [4.69, 9.17) is 23.2 Å². The number of anilines is 1. The highest BCUT2D eigenvalue weighted by Crippen LogP contribution is 2.25. The standard InChI is InChI=1S/C14H20Cl2N2/c1-11-4-7-18(8-5-11)9-6-17-14-10-12(15)2-3-13(14)16/h2-3,10-11,17H,4-9H2,1H3. The second-order valence-electron chi connectivity index (χ2n) is 5.08. The molecule has 0 unspecified atom stereocenters. The minimum atomic E-state index is 0.716. The van der Waals surface area contributed by atoms with Crippen LogP contribution in [0, 0.1) is 5.92 Å². The molecule has 1 aliphatic heterocycles. The maximum absolute atomic E-state index is 6.10. The highest BCUT2D eigenvalue weighted by atomic mass is 35.5. The minimum absolute atomic E-state index is 0.716. The van der Waals surface area contributed by atoms with Crippen LogP contribution in [0.2, 0.25) is 10.0 Å². The van der Waals surface area contributed by atoms with Gasteiger partial charge in [0.1, 0.15) is 0 Å². The first-order chi connectivity index (χ1) is 8.65. The first-order valence-electron chi connectivity index (χ1n) is 6.56. The van der Waals surface area contributed by atoms with Crippen molar-refractivity contribution in [2.45, 2.75) is 19.8 Å². The molecule has 0 aromatic heterocycles. The van der Waals surface area contributed by atoms with Gasteiger partial charge in [-0.15, -0.1) is 0 Å². The summed E-state index contributed by atoms with van der Waals surface area (Å²) in [6, 6.07) is 5.51. The Morgan fingerprint density at radius 1 is 1.28 bits per heavy atom. The Balaban J connectivity index is 1.76. The van der Waals surface area contributed by atoms with Gasteiger partial charge in [0, 0.05) is 18.1 Å². The fourth-order valence-corrected chi connectivity index (χ4v) is 2.62. The molecular weight excluding hydrogens is 267 g/mol. The van der Waals surface area contributed by atoms with Crippen molar-refractivity contribution in [3.63, 3.8) is 0 Å². The van der Waals surface area contributed by atoms with Crippen LogP contribution in [0.25, 0.3) is 0 Å². The summed E-state index contributed by atoms with van der Waals surface area (Å²) < 4.78 is 0. The van der Waals surface area contributed by atoms with E-state index in [0.29, 0.717) is 5.02 Å². The number of rotatable bonds is 4. The first kappa shape index (κ1) is 14.0. The molecule has 18 heavy (non-hydrogen) atoms. The summed E-state index contributed by atoms with van der Waals surface area (Å²) in [5.74, 6) is 0.886. The Kier molecular flexibility index (Phi) is 5.16. The normalized spacial score (nSPS) is 17.9. The molecule has 1 fully saturated rings. The highest BCUT2D eigenvalue weighted by molar-refractivity contribution is 6.35. The summed E-state index contributed by atoms with van der Waals surface area (Å²) in [6.07, 6.45) is 2.63. The van der Waals surface area contributed by atoms with Crippen molar-refractivity contribution in [3.05, 3.63) is 28.2 Å². The van der Waals surface area contributed by atoms with Gasteiger partial charge in [0.25, 0.3) is 0 Å². The van der Waals surface area contributed by atoms with E-state index in [1.54, 1.807) is 6.07 Å². The van der Waals surface area contributed by atoms with Gasteiger partial charge >= 0.3 is 0 Å². The second kappa shape index (κ2) is 6.65. The van der Waals surface area contributed by atoms with Crippen LogP contribution in [0.1, 0.15) is 19.8 Å². The number of nitrogens with one attached hydrogen (secondary N) is 1. The van der Waals surface area contributed by atoms with Crippen LogP contribution >= 0.6 is 23.2 Å². The smallest absolute Gasteiger partial charge is 0.0638 e. The molecule has 1 aromatic rings. The number of halogens is 2. The molecule has 1 N–H and O–H groups in total. The molecule has 2 rings (SSSR count). The van der Waals surface area contributed by atoms with Crippen LogP contribution < -0.4 is 5.32 Å². The summed E-state index contributed by atoms with van der Waals surface area (Å²) in [6.45, 7) is 6.74. The average Bonchev–Trinajstić information content (AvgIpc) is 2.36. The van der Waals surface area contributed by atoms with Gasteiger partial charge in [-0.3, -0.25) is 0 Å². The van der Waals surface area contributed by atoms with Crippen LogP contribution in [0.15, 0.2) is 18.2 Å². The van der Waals surface area contributed by atoms with Crippen LogP contribution in [0.3, 0.4) is 0 Å². The van der Waals surface area contributed by atoms with Crippen molar-refractivity contribution < 1.29 is 0 Å². The first-order valence-corrected chi connectivity index (χ1v) is 7.32. The molecule has 0 spiro atoms. The number of piperidine rings is 1. The van der Waals surface area contributed by atoms with Gasteiger partial charge in [-0.2, -0.15) is 0 Å². The quantitative estimate of drug-likeness (QED) is 0.895. The van der Waals surface area contributed by atoms with E-state index in [9.17, 15) is 0 Å². The predicted octanol–water partition coefficient (Wildman–Crippen LogP) is 4.14. The molecule has 1 aromatic carbocycles. The minimum Gasteiger partial charge on any atom is -0.383 e. The van der Waals surface area contributed by atoms with Crippen LogP contribution in [-0.2, 0) is 0 Å². The number of hydrogen-bond acceptors (Lipinski definition) is 2. The molecule has 1 saturated heterocycles. The number of hydrogen-bond donors (Lipinski definition) is 1.